The van der Waals surface area contributed by atoms with E-state index in [2.05, 4.69) is 31.2 Å². The highest BCUT2D eigenvalue weighted by atomic mass is 35.5. The van der Waals surface area contributed by atoms with Gasteiger partial charge in [-0.2, -0.15) is 0 Å². The first-order valence-electron chi connectivity index (χ1n) is 8.72. The van der Waals surface area contributed by atoms with Gasteiger partial charge >= 0.3 is 0 Å². The fourth-order valence-corrected chi connectivity index (χ4v) is 3.46. The van der Waals surface area contributed by atoms with E-state index in [4.69, 9.17) is 16.3 Å². The smallest absolute Gasteiger partial charge is 0.146 e. The third-order valence-electron chi connectivity index (χ3n) is 4.80. The van der Waals surface area contributed by atoms with Crippen LogP contribution in [0.2, 0.25) is 5.02 Å². The van der Waals surface area contributed by atoms with Crippen LogP contribution in [-0.2, 0) is 17.6 Å². The van der Waals surface area contributed by atoms with E-state index in [1.807, 2.05) is 25.1 Å². The monoisotopic (exact) mass is 354 g/mol. The Kier molecular flexibility index (Phi) is 5.60. The molecule has 2 aromatic rings. The molecule has 0 aliphatic heterocycles. The molecular formula is C22H23ClO2. The zero-order valence-corrected chi connectivity index (χ0v) is 15.5. The van der Waals surface area contributed by atoms with E-state index in [0.29, 0.717) is 12.5 Å². The maximum Gasteiger partial charge on any atom is 0.146 e. The second-order valence-electron chi connectivity index (χ2n) is 6.83. The Morgan fingerprint density at radius 3 is 2.64 bits per heavy atom. The summed E-state index contributed by atoms with van der Waals surface area (Å²) in [5.74, 6) is 1.32. The molecule has 0 saturated carbocycles. The zero-order chi connectivity index (χ0) is 17.8. The zero-order valence-electron chi connectivity index (χ0n) is 14.7. The molecule has 0 aromatic heterocycles. The van der Waals surface area contributed by atoms with Gasteiger partial charge in [-0.1, -0.05) is 36.7 Å². The van der Waals surface area contributed by atoms with E-state index in [-0.39, 0.29) is 0 Å². The standard InChI is InChI=1S/C22H23ClO2/c1-15(11-17-3-7-20(23)8-4-17)14-25-21-9-10-22-16(2)19(13-24)6-5-18(22)12-21/h3-4,7-10,12-13,15H,5-6,11,14H2,1-2H3/t15-/m0/s1. The molecule has 0 unspecified atom stereocenters. The molecule has 0 bridgehead atoms. The number of carbonyl (C=O) groups excluding carboxylic acids is 1. The molecule has 2 nitrogen and oxygen atoms in total. The molecule has 1 aliphatic rings. The van der Waals surface area contributed by atoms with Crippen LogP contribution in [0.1, 0.15) is 37.0 Å². The molecule has 1 aliphatic carbocycles. The predicted molar refractivity (Wildman–Crippen MR) is 103 cm³/mol. The maximum absolute atomic E-state index is 11.1. The number of rotatable bonds is 6. The molecule has 3 rings (SSSR count). The summed E-state index contributed by atoms with van der Waals surface area (Å²) in [4.78, 5) is 11.1. The number of hydrogen-bond donors (Lipinski definition) is 0. The Bertz CT molecular complexity index is 790. The highest BCUT2D eigenvalue weighted by Crippen LogP contribution is 2.32. The van der Waals surface area contributed by atoms with Gasteiger partial charge in [0.2, 0.25) is 0 Å². The minimum Gasteiger partial charge on any atom is -0.493 e. The molecule has 0 saturated heterocycles. The molecule has 2 aromatic carbocycles. The van der Waals surface area contributed by atoms with Gasteiger partial charge < -0.3 is 4.74 Å². The first-order chi connectivity index (χ1) is 12.1. The van der Waals surface area contributed by atoms with Crippen molar-refractivity contribution in [3.05, 3.63) is 69.8 Å². The highest BCUT2D eigenvalue weighted by Gasteiger charge is 2.16. The normalized spacial score (nSPS) is 14.8. The first kappa shape index (κ1) is 17.8. The van der Waals surface area contributed by atoms with Gasteiger partial charge in [0.15, 0.2) is 0 Å². The summed E-state index contributed by atoms with van der Waals surface area (Å²) in [5, 5.41) is 0.767. The van der Waals surface area contributed by atoms with E-state index in [0.717, 1.165) is 47.5 Å². The lowest BCUT2D eigenvalue weighted by Crippen LogP contribution is -2.12. The topological polar surface area (TPSA) is 26.3 Å². The number of aldehydes is 1. The van der Waals surface area contributed by atoms with E-state index in [9.17, 15) is 4.79 Å². The lowest BCUT2D eigenvalue weighted by molar-refractivity contribution is -0.105. The molecular weight excluding hydrogens is 332 g/mol. The van der Waals surface area contributed by atoms with Crippen molar-refractivity contribution in [2.45, 2.75) is 33.1 Å². The number of aryl methyl sites for hydroxylation is 1. The summed E-state index contributed by atoms with van der Waals surface area (Å²) in [5.41, 5.74) is 5.73. The number of benzene rings is 2. The van der Waals surface area contributed by atoms with E-state index < -0.39 is 0 Å². The van der Waals surface area contributed by atoms with Crippen molar-refractivity contribution in [2.24, 2.45) is 5.92 Å². The number of allylic oxidation sites excluding steroid dienone is 2. The summed E-state index contributed by atoms with van der Waals surface area (Å²) in [7, 11) is 0. The van der Waals surface area contributed by atoms with Crippen molar-refractivity contribution in [3.63, 3.8) is 0 Å². The Labute approximate surface area is 154 Å². The van der Waals surface area contributed by atoms with E-state index >= 15 is 0 Å². The average Bonchev–Trinajstić information content (AvgIpc) is 2.62. The van der Waals surface area contributed by atoms with Crippen LogP contribution < -0.4 is 4.74 Å². The quantitative estimate of drug-likeness (QED) is 0.639. The molecule has 0 amide bonds. The number of halogens is 1. The average molecular weight is 355 g/mol. The molecule has 0 heterocycles. The van der Waals surface area contributed by atoms with Crippen LogP contribution in [-0.4, -0.2) is 12.9 Å². The van der Waals surface area contributed by atoms with Crippen molar-refractivity contribution in [1.82, 2.24) is 0 Å². The van der Waals surface area contributed by atoms with Crippen molar-refractivity contribution in [2.75, 3.05) is 6.61 Å². The van der Waals surface area contributed by atoms with Crippen LogP contribution in [0.25, 0.3) is 5.57 Å². The van der Waals surface area contributed by atoms with Gasteiger partial charge in [0.1, 0.15) is 12.0 Å². The summed E-state index contributed by atoms with van der Waals surface area (Å²) in [6, 6.07) is 14.2. The van der Waals surface area contributed by atoms with Gasteiger partial charge in [-0.25, -0.2) is 0 Å². The van der Waals surface area contributed by atoms with Gasteiger partial charge in [-0.15, -0.1) is 0 Å². The van der Waals surface area contributed by atoms with Gasteiger partial charge in [0.25, 0.3) is 0 Å². The summed E-state index contributed by atoms with van der Waals surface area (Å²) >= 11 is 5.93. The van der Waals surface area contributed by atoms with E-state index in [1.54, 1.807) is 0 Å². The lowest BCUT2D eigenvalue weighted by Gasteiger charge is -2.20. The Balaban J connectivity index is 1.61. The molecule has 0 radical (unpaired) electrons. The Hall–Kier alpha value is -2.06. The van der Waals surface area contributed by atoms with Crippen LogP contribution >= 0.6 is 11.6 Å². The minimum absolute atomic E-state index is 0.417. The predicted octanol–water partition coefficient (Wildman–Crippen LogP) is 5.52. The number of hydrogen-bond acceptors (Lipinski definition) is 2. The first-order valence-corrected chi connectivity index (χ1v) is 9.10. The molecule has 3 heteroatoms. The summed E-state index contributed by atoms with van der Waals surface area (Å²) < 4.78 is 6.01. The van der Waals surface area contributed by atoms with Crippen LogP contribution in [0.5, 0.6) is 5.75 Å². The molecule has 1 atom stereocenters. The largest absolute Gasteiger partial charge is 0.493 e. The van der Waals surface area contributed by atoms with Crippen LogP contribution in [0.3, 0.4) is 0 Å². The Morgan fingerprint density at radius 2 is 1.92 bits per heavy atom. The van der Waals surface area contributed by atoms with Crippen molar-refractivity contribution >= 4 is 23.5 Å². The Morgan fingerprint density at radius 1 is 1.16 bits per heavy atom. The van der Waals surface area contributed by atoms with Crippen molar-refractivity contribution < 1.29 is 9.53 Å². The summed E-state index contributed by atoms with van der Waals surface area (Å²) in [6.07, 6.45) is 3.67. The molecule has 25 heavy (non-hydrogen) atoms. The fraction of sp³-hybridized carbons (Fsp3) is 0.318. The second-order valence-corrected chi connectivity index (χ2v) is 7.27. The number of fused-ring (bicyclic) bond motifs is 1. The molecule has 0 N–H and O–H groups in total. The third-order valence-corrected chi connectivity index (χ3v) is 5.05. The third kappa shape index (κ3) is 4.32. The highest BCUT2D eigenvalue weighted by molar-refractivity contribution is 6.30. The molecule has 130 valence electrons. The molecule has 0 spiro atoms. The SMILES string of the molecule is CC1=C(C=O)CCc2cc(OC[C@@H](C)Cc3ccc(Cl)cc3)ccc21. The minimum atomic E-state index is 0.417. The van der Waals surface area contributed by atoms with Gasteiger partial charge in [-0.05, 0) is 84.2 Å². The van der Waals surface area contributed by atoms with Gasteiger partial charge in [0, 0.05) is 5.02 Å². The second kappa shape index (κ2) is 7.88. The van der Waals surface area contributed by atoms with Crippen LogP contribution in [0.4, 0.5) is 0 Å². The maximum atomic E-state index is 11.1. The molecule has 0 fully saturated rings. The van der Waals surface area contributed by atoms with Gasteiger partial charge in [-0.3, -0.25) is 4.79 Å². The number of ether oxygens (including phenoxy) is 1. The lowest BCUT2D eigenvalue weighted by atomic mass is 9.87. The van der Waals surface area contributed by atoms with Crippen LogP contribution in [0.15, 0.2) is 48.0 Å². The van der Waals surface area contributed by atoms with E-state index in [1.165, 1.54) is 16.7 Å². The van der Waals surface area contributed by atoms with Crippen LogP contribution in [0, 0.1) is 5.92 Å². The number of carbonyl (C=O) groups is 1. The summed E-state index contributed by atoms with van der Waals surface area (Å²) in [6.45, 7) is 4.89. The van der Waals surface area contributed by atoms with Gasteiger partial charge in [0.05, 0.1) is 6.61 Å². The van der Waals surface area contributed by atoms with Crippen molar-refractivity contribution in [1.29, 1.82) is 0 Å². The fourth-order valence-electron chi connectivity index (χ4n) is 3.33. The van der Waals surface area contributed by atoms with Crippen molar-refractivity contribution in [3.8, 4) is 5.75 Å².